The number of ether oxygens (including phenoxy) is 1. The zero-order valence-electron chi connectivity index (χ0n) is 14.8. The van der Waals surface area contributed by atoms with Gasteiger partial charge in [-0.15, -0.1) is 0 Å². The maximum atomic E-state index is 12.3. The molecule has 140 valence electrons. The highest BCUT2D eigenvalue weighted by Gasteiger charge is 2.12. The van der Waals surface area contributed by atoms with Crippen molar-refractivity contribution in [2.75, 3.05) is 5.32 Å². The number of nitrogens with one attached hydrogen (secondary N) is 1. The molecule has 0 atom stereocenters. The lowest BCUT2D eigenvalue weighted by Gasteiger charge is -2.06. The Morgan fingerprint density at radius 3 is 2.52 bits per heavy atom. The molecule has 0 aliphatic rings. The number of hydrogen-bond donors (Lipinski definition) is 1. The number of benzene rings is 2. The lowest BCUT2D eigenvalue weighted by atomic mass is 10.1. The summed E-state index contributed by atoms with van der Waals surface area (Å²) in [6.07, 6.45) is 2.16. The van der Waals surface area contributed by atoms with Crippen molar-refractivity contribution in [1.82, 2.24) is 0 Å². The van der Waals surface area contributed by atoms with Crippen LogP contribution in [0.15, 0.2) is 59.0 Å². The van der Waals surface area contributed by atoms with E-state index in [0.29, 0.717) is 21.5 Å². The second-order valence-corrected chi connectivity index (χ2v) is 6.85. The zero-order valence-corrected chi connectivity index (χ0v) is 16.3. The van der Waals surface area contributed by atoms with E-state index in [-0.39, 0.29) is 18.3 Å². The minimum Gasteiger partial charge on any atom is -0.486 e. The van der Waals surface area contributed by atoms with Crippen molar-refractivity contribution in [3.63, 3.8) is 0 Å². The molecule has 0 saturated carbocycles. The molecule has 1 heterocycles. The van der Waals surface area contributed by atoms with Crippen LogP contribution in [0.2, 0.25) is 10.0 Å². The number of furan rings is 1. The molecule has 0 radical (unpaired) electrons. The second-order valence-electron chi connectivity index (χ2n) is 6.03. The van der Waals surface area contributed by atoms with Crippen LogP contribution in [0.4, 0.5) is 5.69 Å². The molecule has 6 heteroatoms. The first-order valence-electron chi connectivity index (χ1n) is 8.62. The Morgan fingerprint density at radius 2 is 1.81 bits per heavy atom. The minimum absolute atomic E-state index is 0.193. The van der Waals surface area contributed by atoms with Gasteiger partial charge in [0, 0.05) is 5.69 Å². The summed E-state index contributed by atoms with van der Waals surface area (Å²) in [5, 5.41) is 3.51. The van der Waals surface area contributed by atoms with Crippen LogP contribution in [0.5, 0.6) is 5.75 Å². The second kappa shape index (κ2) is 8.98. The Balaban J connectivity index is 1.57. The van der Waals surface area contributed by atoms with E-state index in [0.717, 1.165) is 18.6 Å². The average molecular weight is 404 g/mol. The van der Waals surface area contributed by atoms with Crippen LogP contribution in [0.1, 0.15) is 35.2 Å². The molecule has 27 heavy (non-hydrogen) atoms. The quantitative estimate of drug-likeness (QED) is 0.498. The lowest BCUT2D eigenvalue weighted by Crippen LogP contribution is -2.10. The van der Waals surface area contributed by atoms with Crippen LogP contribution in [0.3, 0.4) is 0 Å². The van der Waals surface area contributed by atoms with Gasteiger partial charge in [-0.05, 0) is 54.4 Å². The SMILES string of the molecule is CCCc1ccc(OCc2ccc(C(=O)Nc3ccc(Cl)c(Cl)c3)o2)cc1. The first-order chi connectivity index (χ1) is 13.0. The van der Waals surface area contributed by atoms with Gasteiger partial charge in [0.1, 0.15) is 18.1 Å². The highest BCUT2D eigenvalue weighted by atomic mass is 35.5. The number of anilines is 1. The van der Waals surface area contributed by atoms with Gasteiger partial charge in [0.05, 0.1) is 10.0 Å². The Kier molecular flexibility index (Phi) is 6.43. The molecule has 0 unspecified atom stereocenters. The van der Waals surface area contributed by atoms with Crippen molar-refractivity contribution in [3.05, 3.63) is 81.7 Å². The first-order valence-corrected chi connectivity index (χ1v) is 9.37. The van der Waals surface area contributed by atoms with E-state index in [1.54, 1.807) is 30.3 Å². The summed E-state index contributed by atoms with van der Waals surface area (Å²) in [7, 11) is 0. The molecule has 3 aromatic rings. The van der Waals surface area contributed by atoms with Gasteiger partial charge in [0.25, 0.3) is 5.91 Å². The number of hydrogen-bond acceptors (Lipinski definition) is 3. The summed E-state index contributed by atoms with van der Waals surface area (Å²) < 4.78 is 11.3. The molecule has 1 amide bonds. The molecule has 3 rings (SSSR count). The molecular formula is C21H19Cl2NO3. The van der Waals surface area contributed by atoms with Gasteiger partial charge in [-0.3, -0.25) is 4.79 Å². The van der Waals surface area contributed by atoms with Crippen LogP contribution >= 0.6 is 23.2 Å². The number of rotatable bonds is 7. The van der Waals surface area contributed by atoms with Crippen LogP contribution in [-0.2, 0) is 13.0 Å². The van der Waals surface area contributed by atoms with E-state index >= 15 is 0 Å². The van der Waals surface area contributed by atoms with E-state index in [9.17, 15) is 4.79 Å². The molecule has 0 aliphatic carbocycles. The molecule has 0 spiro atoms. The Labute approximate surface area is 168 Å². The van der Waals surface area contributed by atoms with Gasteiger partial charge in [-0.2, -0.15) is 0 Å². The predicted octanol–water partition coefficient (Wildman–Crippen LogP) is 6.37. The van der Waals surface area contributed by atoms with Gasteiger partial charge < -0.3 is 14.5 Å². The Bertz CT molecular complexity index is 919. The fourth-order valence-corrected chi connectivity index (χ4v) is 2.84. The summed E-state index contributed by atoms with van der Waals surface area (Å²) in [5.74, 6) is 1.14. The van der Waals surface area contributed by atoms with Crippen LogP contribution in [0.25, 0.3) is 0 Å². The summed E-state index contributed by atoms with van der Waals surface area (Å²) in [5.41, 5.74) is 1.82. The molecule has 1 aromatic heterocycles. The fraction of sp³-hybridized carbons (Fsp3) is 0.190. The lowest BCUT2D eigenvalue weighted by molar-refractivity contribution is 0.0992. The van der Waals surface area contributed by atoms with Gasteiger partial charge in [-0.1, -0.05) is 48.7 Å². The van der Waals surface area contributed by atoms with Crippen LogP contribution < -0.4 is 10.1 Å². The normalized spacial score (nSPS) is 10.6. The van der Waals surface area contributed by atoms with Crippen molar-refractivity contribution in [1.29, 1.82) is 0 Å². The first kappa shape index (κ1) is 19.3. The summed E-state index contributed by atoms with van der Waals surface area (Å²) in [6.45, 7) is 2.39. The van der Waals surface area contributed by atoms with E-state index in [2.05, 4.69) is 24.4 Å². The van der Waals surface area contributed by atoms with Crippen molar-refractivity contribution in [2.24, 2.45) is 0 Å². The van der Waals surface area contributed by atoms with E-state index in [1.165, 1.54) is 5.56 Å². The third-order valence-corrected chi connectivity index (χ3v) is 4.65. The molecule has 0 saturated heterocycles. The predicted molar refractivity (Wildman–Crippen MR) is 108 cm³/mol. The monoisotopic (exact) mass is 403 g/mol. The summed E-state index contributed by atoms with van der Waals surface area (Å²) in [4.78, 5) is 12.3. The minimum atomic E-state index is -0.372. The number of carbonyl (C=O) groups excluding carboxylic acids is 1. The topological polar surface area (TPSA) is 51.5 Å². The smallest absolute Gasteiger partial charge is 0.291 e. The third-order valence-electron chi connectivity index (χ3n) is 3.91. The highest BCUT2D eigenvalue weighted by Crippen LogP contribution is 2.25. The van der Waals surface area contributed by atoms with Crippen molar-refractivity contribution in [3.8, 4) is 5.75 Å². The van der Waals surface area contributed by atoms with Crippen molar-refractivity contribution >= 4 is 34.8 Å². The zero-order chi connectivity index (χ0) is 19.2. The van der Waals surface area contributed by atoms with Gasteiger partial charge >= 0.3 is 0 Å². The molecule has 0 bridgehead atoms. The molecule has 2 aromatic carbocycles. The standard InChI is InChI=1S/C21H19Cl2NO3/c1-2-3-14-4-7-16(8-5-14)26-13-17-9-11-20(27-17)21(25)24-15-6-10-18(22)19(23)12-15/h4-12H,2-3,13H2,1H3,(H,24,25). The van der Waals surface area contributed by atoms with Gasteiger partial charge in [-0.25, -0.2) is 0 Å². The summed E-state index contributed by atoms with van der Waals surface area (Å²) in [6, 6.07) is 16.2. The number of amides is 1. The third kappa shape index (κ3) is 5.28. The average Bonchev–Trinajstić information content (AvgIpc) is 3.14. The van der Waals surface area contributed by atoms with Crippen LogP contribution in [0, 0.1) is 0 Å². The van der Waals surface area contributed by atoms with E-state index in [4.69, 9.17) is 32.4 Å². The maximum absolute atomic E-state index is 12.3. The molecule has 0 fully saturated rings. The fourth-order valence-electron chi connectivity index (χ4n) is 2.54. The largest absolute Gasteiger partial charge is 0.486 e. The molecule has 0 aliphatic heterocycles. The van der Waals surface area contributed by atoms with Crippen molar-refractivity contribution < 1.29 is 13.9 Å². The number of halogens is 2. The Morgan fingerprint density at radius 1 is 1.04 bits per heavy atom. The highest BCUT2D eigenvalue weighted by molar-refractivity contribution is 6.42. The van der Waals surface area contributed by atoms with Crippen molar-refractivity contribution in [2.45, 2.75) is 26.4 Å². The Hall–Kier alpha value is -2.43. The molecule has 1 N–H and O–H groups in total. The van der Waals surface area contributed by atoms with Crippen LogP contribution in [-0.4, -0.2) is 5.91 Å². The maximum Gasteiger partial charge on any atom is 0.291 e. The molecular weight excluding hydrogens is 385 g/mol. The van der Waals surface area contributed by atoms with E-state index in [1.807, 2.05) is 12.1 Å². The van der Waals surface area contributed by atoms with Gasteiger partial charge in [0.2, 0.25) is 0 Å². The number of carbonyl (C=O) groups is 1. The summed E-state index contributed by atoms with van der Waals surface area (Å²) >= 11 is 11.8. The number of aryl methyl sites for hydroxylation is 1. The van der Waals surface area contributed by atoms with E-state index < -0.39 is 0 Å². The van der Waals surface area contributed by atoms with Gasteiger partial charge in [0.15, 0.2) is 5.76 Å². The molecule has 4 nitrogen and oxygen atoms in total.